The molecule has 3 aromatic rings. The zero-order valence-corrected chi connectivity index (χ0v) is 15.1. The SMILES string of the molecule is Cc1ccc(S(N)(=O)=O)cc1C(=O)N1CCc2[nH]c3ccccc3c2C1. The average Bonchev–Trinajstić information content (AvgIpc) is 2.98. The van der Waals surface area contributed by atoms with E-state index in [1.165, 1.54) is 12.1 Å². The van der Waals surface area contributed by atoms with Crippen LogP contribution in [0.3, 0.4) is 0 Å². The molecule has 0 atom stereocenters. The van der Waals surface area contributed by atoms with E-state index < -0.39 is 10.0 Å². The van der Waals surface area contributed by atoms with Crippen molar-refractivity contribution in [2.24, 2.45) is 5.14 Å². The van der Waals surface area contributed by atoms with Gasteiger partial charge in [-0.3, -0.25) is 4.79 Å². The van der Waals surface area contributed by atoms with Gasteiger partial charge >= 0.3 is 0 Å². The third-order valence-corrected chi connectivity index (χ3v) is 5.85. The standard InChI is InChI=1S/C19H19N3O3S/c1-12-6-7-13(26(20,24)25)10-15(12)19(23)22-9-8-18-16(11-22)14-4-2-3-5-17(14)21-18/h2-7,10,21H,8-9,11H2,1H3,(H2,20,24,25). The molecule has 2 aromatic carbocycles. The minimum atomic E-state index is -3.85. The lowest BCUT2D eigenvalue weighted by molar-refractivity contribution is 0.0734. The topological polar surface area (TPSA) is 96.3 Å². The van der Waals surface area contributed by atoms with E-state index in [2.05, 4.69) is 4.98 Å². The van der Waals surface area contributed by atoms with Gasteiger partial charge in [0.25, 0.3) is 5.91 Å². The van der Waals surface area contributed by atoms with Crippen LogP contribution in [0.25, 0.3) is 10.9 Å². The number of sulfonamides is 1. The van der Waals surface area contributed by atoms with Crippen LogP contribution in [0.1, 0.15) is 27.2 Å². The number of hydrogen-bond acceptors (Lipinski definition) is 3. The molecule has 0 fully saturated rings. The number of H-pyrrole nitrogens is 1. The third kappa shape index (κ3) is 2.79. The molecule has 0 saturated carbocycles. The maximum Gasteiger partial charge on any atom is 0.254 e. The molecule has 1 amide bonds. The number of primary sulfonamides is 1. The second-order valence-electron chi connectivity index (χ2n) is 6.63. The second-order valence-corrected chi connectivity index (χ2v) is 8.19. The molecule has 0 bridgehead atoms. The number of fused-ring (bicyclic) bond motifs is 3. The second kappa shape index (κ2) is 5.96. The maximum atomic E-state index is 13.0. The van der Waals surface area contributed by atoms with Gasteiger partial charge < -0.3 is 9.88 Å². The van der Waals surface area contributed by atoms with E-state index in [1.54, 1.807) is 17.9 Å². The maximum absolute atomic E-state index is 13.0. The molecule has 0 saturated heterocycles. The van der Waals surface area contributed by atoms with E-state index in [0.29, 0.717) is 18.7 Å². The van der Waals surface area contributed by atoms with Crippen molar-refractivity contribution in [1.29, 1.82) is 0 Å². The highest BCUT2D eigenvalue weighted by molar-refractivity contribution is 7.89. The quantitative estimate of drug-likeness (QED) is 0.725. The average molecular weight is 369 g/mol. The van der Waals surface area contributed by atoms with Gasteiger partial charge in [-0.05, 0) is 30.7 Å². The summed E-state index contributed by atoms with van der Waals surface area (Å²) >= 11 is 0. The molecule has 3 N–H and O–H groups in total. The molecule has 4 rings (SSSR count). The van der Waals surface area contributed by atoms with E-state index in [1.807, 2.05) is 24.3 Å². The van der Waals surface area contributed by atoms with Crippen LogP contribution >= 0.6 is 0 Å². The van der Waals surface area contributed by atoms with Crippen molar-refractivity contribution in [1.82, 2.24) is 9.88 Å². The van der Waals surface area contributed by atoms with Crippen LogP contribution in [0.5, 0.6) is 0 Å². The zero-order chi connectivity index (χ0) is 18.5. The van der Waals surface area contributed by atoms with E-state index in [4.69, 9.17) is 5.14 Å². The lowest BCUT2D eigenvalue weighted by atomic mass is 10.0. The number of carbonyl (C=O) groups excluding carboxylic acids is 1. The van der Waals surface area contributed by atoms with Gasteiger partial charge in [0.1, 0.15) is 0 Å². The predicted octanol–water partition coefficient (Wildman–Crippen LogP) is 2.32. The van der Waals surface area contributed by atoms with Crippen molar-refractivity contribution in [3.63, 3.8) is 0 Å². The van der Waals surface area contributed by atoms with Crippen molar-refractivity contribution in [2.75, 3.05) is 6.54 Å². The number of nitrogens with two attached hydrogens (primary N) is 1. The highest BCUT2D eigenvalue weighted by atomic mass is 32.2. The van der Waals surface area contributed by atoms with Crippen LogP contribution in [-0.2, 0) is 23.0 Å². The summed E-state index contributed by atoms with van der Waals surface area (Å²) in [5.74, 6) is -0.177. The Morgan fingerprint density at radius 2 is 1.96 bits per heavy atom. The number of hydrogen-bond donors (Lipinski definition) is 2. The predicted molar refractivity (Wildman–Crippen MR) is 99.3 cm³/mol. The van der Waals surface area contributed by atoms with Crippen molar-refractivity contribution in [3.8, 4) is 0 Å². The van der Waals surface area contributed by atoms with Gasteiger partial charge in [-0.25, -0.2) is 13.6 Å². The van der Waals surface area contributed by atoms with E-state index in [9.17, 15) is 13.2 Å². The van der Waals surface area contributed by atoms with Gasteiger partial charge in [-0.15, -0.1) is 0 Å². The largest absolute Gasteiger partial charge is 0.358 e. The van der Waals surface area contributed by atoms with Crippen LogP contribution in [-0.4, -0.2) is 30.8 Å². The Morgan fingerprint density at radius 3 is 2.73 bits per heavy atom. The Morgan fingerprint density at radius 1 is 1.19 bits per heavy atom. The highest BCUT2D eigenvalue weighted by Crippen LogP contribution is 2.29. The summed E-state index contributed by atoms with van der Waals surface area (Å²) in [5.41, 5.74) is 4.46. The molecule has 7 heteroatoms. The number of nitrogens with one attached hydrogen (secondary N) is 1. The Balaban J connectivity index is 1.70. The highest BCUT2D eigenvalue weighted by Gasteiger charge is 2.26. The molecule has 26 heavy (non-hydrogen) atoms. The molecule has 0 unspecified atom stereocenters. The fourth-order valence-electron chi connectivity index (χ4n) is 3.52. The van der Waals surface area contributed by atoms with E-state index in [-0.39, 0.29) is 10.8 Å². The normalized spacial score (nSPS) is 14.5. The monoisotopic (exact) mass is 369 g/mol. The van der Waals surface area contributed by atoms with E-state index >= 15 is 0 Å². The van der Waals surface area contributed by atoms with Gasteiger partial charge in [0.15, 0.2) is 0 Å². The summed E-state index contributed by atoms with van der Waals surface area (Å²) in [6.45, 7) is 2.87. The Kier molecular flexibility index (Phi) is 3.86. The summed E-state index contributed by atoms with van der Waals surface area (Å²) in [7, 11) is -3.85. The van der Waals surface area contributed by atoms with Crippen LogP contribution in [0.2, 0.25) is 0 Å². The van der Waals surface area contributed by atoms with Crippen LogP contribution in [0.15, 0.2) is 47.4 Å². The molecular formula is C19H19N3O3S. The molecule has 1 aliphatic rings. The van der Waals surface area contributed by atoms with Gasteiger partial charge in [0, 0.05) is 47.2 Å². The molecule has 0 aliphatic carbocycles. The summed E-state index contributed by atoms with van der Waals surface area (Å²) in [6.07, 6.45) is 0.740. The van der Waals surface area contributed by atoms with Gasteiger partial charge in [0.2, 0.25) is 10.0 Å². The number of aromatic amines is 1. The summed E-state index contributed by atoms with van der Waals surface area (Å²) in [4.78, 5) is 18.2. The first-order valence-corrected chi connectivity index (χ1v) is 9.90. The summed E-state index contributed by atoms with van der Waals surface area (Å²) < 4.78 is 23.2. The first-order valence-electron chi connectivity index (χ1n) is 8.36. The number of rotatable bonds is 2. The smallest absolute Gasteiger partial charge is 0.254 e. The van der Waals surface area contributed by atoms with Crippen molar-refractivity contribution in [3.05, 3.63) is 64.8 Å². The lowest BCUT2D eigenvalue weighted by Crippen LogP contribution is -2.36. The zero-order valence-electron chi connectivity index (χ0n) is 14.3. The number of para-hydroxylation sites is 1. The number of carbonyl (C=O) groups is 1. The molecule has 1 aliphatic heterocycles. The molecule has 0 spiro atoms. The molecular weight excluding hydrogens is 350 g/mol. The molecule has 0 radical (unpaired) electrons. The van der Waals surface area contributed by atoms with Gasteiger partial charge in [-0.1, -0.05) is 24.3 Å². The molecule has 2 heterocycles. The number of aromatic nitrogens is 1. The number of benzene rings is 2. The number of aryl methyl sites for hydroxylation is 1. The lowest BCUT2D eigenvalue weighted by Gasteiger charge is -2.28. The van der Waals surface area contributed by atoms with Crippen molar-refractivity contribution >= 4 is 26.8 Å². The minimum Gasteiger partial charge on any atom is -0.358 e. The number of amides is 1. The fourth-order valence-corrected chi connectivity index (χ4v) is 4.06. The molecule has 134 valence electrons. The molecule has 6 nitrogen and oxygen atoms in total. The summed E-state index contributed by atoms with van der Waals surface area (Å²) in [6, 6.07) is 12.5. The summed E-state index contributed by atoms with van der Waals surface area (Å²) in [5, 5.41) is 6.33. The molecule has 1 aromatic heterocycles. The van der Waals surface area contributed by atoms with Crippen LogP contribution < -0.4 is 5.14 Å². The first-order chi connectivity index (χ1) is 12.3. The minimum absolute atomic E-state index is 0.0451. The van der Waals surface area contributed by atoms with Crippen molar-refractivity contribution < 1.29 is 13.2 Å². The van der Waals surface area contributed by atoms with Crippen LogP contribution in [0, 0.1) is 6.92 Å². The first kappa shape index (κ1) is 16.8. The van der Waals surface area contributed by atoms with Crippen LogP contribution in [0.4, 0.5) is 0 Å². The fraction of sp³-hybridized carbons (Fsp3) is 0.211. The Bertz CT molecular complexity index is 1130. The third-order valence-electron chi connectivity index (χ3n) is 4.94. The Hall–Kier alpha value is -2.64. The van der Waals surface area contributed by atoms with Gasteiger partial charge in [0.05, 0.1) is 4.90 Å². The number of nitrogens with zero attached hydrogens (tertiary/aromatic N) is 1. The Labute approximate surface area is 151 Å². The van der Waals surface area contributed by atoms with Crippen molar-refractivity contribution in [2.45, 2.75) is 24.8 Å². The van der Waals surface area contributed by atoms with Gasteiger partial charge in [-0.2, -0.15) is 0 Å². The van der Waals surface area contributed by atoms with E-state index in [0.717, 1.165) is 34.1 Å².